The minimum atomic E-state index is -1.19. The molecule has 5 N–H and O–H groups in total. The second kappa shape index (κ2) is 5.48. The number of phenols is 1. The molecule has 16 heavy (non-hydrogen) atoms. The Labute approximate surface area is 93.1 Å². The number of hydrogen-bond donors (Lipinski definition) is 4. The fourth-order valence-corrected chi connectivity index (χ4v) is 1.43. The molecule has 88 valence electrons. The number of carbonyl (C=O) groups is 1. The van der Waals surface area contributed by atoms with Gasteiger partial charge in [-0.05, 0) is 30.5 Å². The zero-order chi connectivity index (χ0) is 12.1. The van der Waals surface area contributed by atoms with Crippen molar-refractivity contribution in [1.82, 2.24) is 0 Å². The Kier molecular flexibility index (Phi) is 4.28. The second-order valence-corrected chi connectivity index (χ2v) is 3.55. The first-order chi connectivity index (χ1) is 7.56. The predicted octanol–water partition coefficient (Wildman–Crippen LogP) is 0.863. The summed E-state index contributed by atoms with van der Waals surface area (Å²) in [6.07, 6.45) is 1.13. The molecule has 0 saturated carbocycles. The standard InChI is InChI=1S/C11H15NO4/c12-9(2-1-5-13)7-3-4-10(14)8(6-7)11(15)16/h3-4,6,9,13-14H,1-2,5,12H2,(H,15,16)/t9-/m0/s1. The van der Waals surface area contributed by atoms with Gasteiger partial charge in [0.2, 0.25) is 0 Å². The molecule has 0 aliphatic heterocycles. The van der Waals surface area contributed by atoms with Crippen LogP contribution in [0.15, 0.2) is 18.2 Å². The molecule has 0 saturated heterocycles. The van der Waals surface area contributed by atoms with Crippen LogP contribution in [-0.2, 0) is 0 Å². The number of aliphatic hydroxyl groups is 1. The van der Waals surface area contributed by atoms with Gasteiger partial charge >= 0.3 is 5.97 Å². The lowest BCUT2D eigenvalue weighted by atomic mass is 10.0. The van der Waals surface area contributed by atoms with E-state index >= 15 is 0 Å². The summed E-state index contributed by atoms with van der Waals surface area (Å²) >= 11 is 0. The van der Waals surface area contributed by atoms with Crippen LogP contribution in [0, 0.1) is 0 Å². The molecule has 0 amide bonds. The van der Waals surface area contributed by atoms with Crippen LogP contribution >= 0.6 is 0 Å². The smallest absolute Gasteiger partial charge is 0.339 e. The number of carboxylic acids is 1. The van der Waals surface area contributed by atoms with Crippen molar-refractivity contribution in [1.29, 1.82) is 0 Å². The maximum absolute atomic E-state index is 10.8. The second-order valence-electron chi connectivity index (χ2n) is 3.55. The van der Waals surface area contributed by atoms with Gasteiger partial charge in [-0.15, -0.1) is 0 Å². The van der Waals surface area contributed by atoms with Crippen LogP contribution < -0.4 is 5.73 Å². The van der Waals surface area contributed by atoms with E-state index in [4.69, 9.17) is 15.9 Å². The molecule has 1 rings (SSSR count). The van der Waals surface area contributed by atoms with E-state index in [1.165, 1.54) is 12.1 Å². The average molecular weight is 225 g/mol. The number of aromatic carboxylic acids is 1. The first kappa shape index (κ1) is 12.5. The molecule has 0 unspecified atom stereocenters. The highest BCUT2D eigenvalue weighted by molar-refractivity contribution is 5.90. The normalized spacial score (nSPS) is 12.4. The summed E-state index contributed by atoms with van der Waals surface area (Å²) in [5, 5.41) is 26.8. The van der Waals surface area contributed by atoms with Crippen molar-refractivity contribution < 1.29 is 20.1 Å². The fourth-order valence-electron chi connectivity index (χ4n) is 1.43. The van der Waals surface area contributed by atoms with Crippen molar-refractivity contribution in [3.8, 4) is 5.75 Å². The van der Waals surface area contributed by atoms with E-state index < -0.39 is 5.97 Å². The Bertz CT molecular complexity index is 378. The van der Waals surface area contributed by atoms with Crippen molar-refractivity contribution in [3.63, 3.8) is 0 Å². The summed E-state index contributed by atoms with van der Waals surface area (Å²) in [5.74, 6) is -1.46. The van der Waals surface area contributed by atoms with Crippen LogP contribution in [0.1, 0.15) is 34.8 Å². The van der Waals surface area contributed by atoms with E-state index in [-0.39, 0.29) is 24.0 Å². The zero-order valence-electron chi connectivity index (χ0n) is 8.76. The third-order valence-corrected chi connectivity index (χ3v) is 2.35. The molecule has 0 fully saturated rings. The topological polar surface area (TPSA) is 104 Å². The number of benzene rings is 1. The average Bonchev–Trinajstić information content (AvgIpc) is 2.26. The molecule has 0 heterocycles. The number of nitrogens with two attached hydrogens (primary N) is 1. The summed E-state index contributed by atoms with van der Waals surface area (Å²) in [5.41, 5.74) is 6.30. The predicted molar refractivity (Wildman–Crippen MR) is 58.3 cm³/mol. The van der Waals surface area contributed by atoms with E-state index in [0.29, 0.717) is 18.4 Å². The van der Waals surface area contributed by atoms with Gasteiger partial charge in [-0.2, -0.15) is 0 Å². The van der Waals surface area contributed by atoms with E-state index in [2.05, 4.69) is 0 Å². The lowest BCUT2D eigenvalue weighted by Gasteiger charge is -2.12. The maximum Gasteiger partial charge on any atom is 0.339 e. The number of hydrogen-bond acceptors (Lipinski definition) is 4. The Hall–Kier alpha value is -1.59. The van der Waals surface area contributed by atoms with Crippen molar-refractivity contribution in [2.75, 3.05) is 6.61 Å². The molecule has 1 atom stereocenters. The van der Waals surface area contributed by atoms with Gasteiger partial charge in [0.05, 0.1) is 0 Å². The minimum absolute atomic E-state index is 0.0531. The number of aromatic hydroxyl groups is 1. The lowest BCUT2D eigenvalue weighted by Crippen LogP contribution is -2.11. The van der Waals surface area contributed by atoms with Crippen LogP contribution in [0.4, 0.5) is 0 Å². The number of rotatable bonds is 5. The van der Waals surface area contributed by atoms with Gasteiger partial charge in [-0.25, -0.2) is 4.79 Å². The minimum Gasteiger partial charge on any atom is -0.507 e. The highest BCUT2D eigenvalue weighted by atomic mass is 16.4. The summed E-state index contributed by atoms with van der Waals surface area (Å²) < 4.78 is 0. The highest BCUT2D eigenvalue weighted by Crippen LogP contribution is 2.23. The Balaban J connectivity index is 2.89. The summed E-state index contributed by atoms with van der Waals surface area (Å²) in [6.45, 7) is 0.0531. The van der Waals surface area contributed by atoms with Crippen LogP contribution in [0.5, 0.6) is 5.75 Å². The molecule has 5 nitrogen and oxygen atoms in total. The summed E-state index contributed by atoms with van der Waals surface area (Å²) in [6, 6.07) is 3.94. The molecule has 0 aliphatic carbocycles. The molecule has 0 radical (unpaired) electrons. The van der Waals surface area contributed by atoms with Crippen molar-refractivity contribution >= 4 is 5.97 Å². The van der Waals surface area contributed by atoms with Crippen LogP contribution in [0.2, 0.25) is 0 Å². The maximum atomic E-state index is 10.8. The molecule has 1 aromatic carbocycles. The largest absolute Gasteiger partial charge is 0.507 e. The van der Waals surface area contributed by atoms with E-state index in [9.17, 15) is 9.90 Å². The molecule has 5 heteroatoms. The molecule has 0 aromatic heterocycles. The molecule has 0 bridgehead atoms. The van der Waals surface area contributed by atoms with Gasteiger partial charge in [-0.3, -0.25) is 0 Å². The van der Waals surface area contributed by atoms with Gasteiger partial charge in [0.1, 0.15) is 11.3 Å². The number of aliphatic hydroxyl groups excluding tert-OH is 1. The first-order valence-corrected chi connectivity index (χ1v) is 4.99. The van der Waals surface area contributed by atoms with Gasteiger partial charge in [0, 0.05) is 12.6 Å². The fraction of sp³-hybridized carbons (Fsp3) is 0.364. The Morgan fingerprint density at radius 3 is 2.69 bits per heavy atom. The molecule has 1 aromatic rings. The summed E-state index contributed by atoms with van der Waals surface area (Å²) in [7, 11) is 0. The highest BCUT2D eigenvalue weighted by Gasteiger charge is 2.13. The van der Waals surface area contributed by atoms with E-state index in [1.54, 1.807) is 6.07 Å². The first-order valence-electron chi connectivity index (χ1n) is 4.99. The molecule has 0 spiro atoms. The van der Waals surface area contributed by atoms with Gasteiger partial charge < -0.3 is 21.1 Å². The molecule has 0 aliphatic rings. The van der Waals surface area contributed by atoms with Gasteiger partial charge in [0.25, 0.3) is 0 Å². The Morgan fingerprint density at radius 2 is 2.12 bits per heavy atom. The van der Waals surface area contributed by atoms with Crippen molar-refractivity contribution in [2.45, 2.75) is 18.9 Å². The molecular weight excluding hydrogens is 210 g/mol. The van der Waals surface area contributed by atoms with Crippen LogP contribution in [-0.4, -0.2) is 27.9 Å². The zero-order valence-corrected chi connectivity index (χ0v) is 8.76. The van der Waals surface area contributed by atoms with Gasteiger partial charge in [-0.1, -0.05) is 6.07 Å². The Morgan fingerprint density at radius 1 is 1.44 bits per heavy atom. The monoisotopic (exact) mass is 225 g/mol. The summed E-state index contributed by atoms with van der Waals surface area (Å²) in [4.78, 5) is 10.8. The van der Waals surface area contributed by atoms with Crippen molar-refractivity contribution in [2.24, 2.45) is 5.73 Å². The van der Waals surface area contributed by atoms with Crippen molar-refractivity contribution in [3.05, 3.63) is 29.3 Å². The lowest BCUT2D eigenvalue weighted by molar-refractivity contribution is 0.0693. The molecular formula is C11H15NO4. The van der Waals surface area contributed by atoms with E-state index in [0.717, 1.165) is 0 Å². The van der Waals surface area contributed by atoms with Crippen LogP contribution in [0.25, 0.3) is 0 Å². The van der Waals surface area contributed by atoms with E-state index in [1.807, 2.05) is 0 Å². The SMILES string of the molecule is N[C@@H](CCCO)c1ccc(O)c(C(=O)O)c1. The quantitative estimate of drug-likeness (QED) is 0.595. The number of carboxylic acid groups (broad SMARTS) is 1. The third kappa shape index (κ3) is 2.95. The third-order valence-electron chi connectivity index (χ3n) is 2.35. The van der Waals surface area contributed by atoms with Crippen LogP contribution in [0.3, 0.4) is 0 Å². The van der Waals surface area contributed by atoms with Gasteiger partial charge in [0.15, 0.2) is 0 Å².